The highest BCUT2D eigenvalue weighted by Gasteiger charge is 2.01. The second-order valence-electron chi connectivity index (χ2n) is 5.10. The molecule has 0 aliphatic rings. The molecule has 0 spiro atoms. The molecule has 0 aliphatic heterocycles. The number of rotatable bonds is 4. The van der Waals surface area contributed by atoms with Gasteiger partial charge in [-0.25, -0.2) is 0 Å². The molecule has 0 heterocycles. The van der Waals surface area contributed by atoms with Gasteiger partial charge >= 0.3 is 0 Å². The zero-order valence-electron chi connectivity index (χ0n) is 13.3. The molecule has 0 saturated heterocycles. The van der Waals surface area contributed by atoms with E-state index in [4.69, 9.17) is 12.2 Å². The Morgan fingerprint density at radius 2 is 0.875 bits per heavy atom. The van der Waals surface area contributed by atoms with Crippen molar-refractivity contribution in [2.45, 2.75) is 13.8 Å². The van der Waals surface area contributed by atoms with Crippen LogP contribution < -0.4 is 21.3 Å². The number of anilines is 4. The third-order valence-corrected chi connectivity index (χ3v) is 3.13. The van der Waals surface area contributed by atoms with E-state index in [2.05, 4.69) is 21.3 Å². The molecule has 2 amide bonds. The van der Waals surface area contributed by atoms with Crippen molar-refractivity contribution in [1.29, 1.82) is 0 Å². The van der Waals surface area contributed by atoms with E-state index in [1.807, 2.05) is 24.3 Å². The van der Waals surface area contributed by atoms with Crippen LogP contribution in [0.3, 0.4) is 0 Å². The fourth-order valence-corrected chi connectivity index (χ4v) is 2.21. The van der Waals surface area contributed by atoms with Crippen LogP contribution in [0.1, 0.15) is 13.8 Å². The molecule has 0 unspecified atom stereocenters. The number of hydrogen-bond acceptors (Lipinski definition) is 3. The Labute approximate surface area is 145 Å². The second-order valence-corrected chi connectivity index (χ2v) is 5.50. The third kappa shape index (κ3) is 5.69. The van der Waals surface area contributed by atoms with Crippen molar-refractivity contribution in [2.75, 3.05) is 21.3 Å². The molecule has 0 bridgehead atoms. The number of nitrogens with one attached hydrogen (secondary N) is 4. The van der Waals surface area contributed by atoms with Crippen LogP contribution in [0.25, 0.3) is 0 Å². The first-order valence-corrected chi connectivity index (χ1v) is 7.66. The van der Waals surface area contributed by atoms with Crippen LogP contribution in [0.4, 0.5) is 22.7 Å². The fraction of sp³-hybridized carbons (Fsp3) is 0.118. The smallest absolute Gasteiger partial charge is 0.221 e. The van der Waals surface area contributed by atoms with Gasteiger partial charge in [-0.1, -0.05) is 0 Å². The van der Waals surface area contributed by atoms with Gasteiger partial charge in [-0.2, -0.15) is 0 Å². The minimum Gasteiger partial charge on any atom is -0.332 e. The first-order valence-electron chi connectivity index (χ1n) is 7.26. The van der Waals surface area contributed by atoms with Gasteiger partial charge in [0.15, 0.2) is 5.11 Å². The molecule has 6 nitrogen and oxygen atoms in total. The van der Waals surface area contributed by atoms with Crippen molar-refractivity contribution in [3.63, 3.8) is 0 Å². The van der Waals surface area contributed by atoms with Gasteiger partial charge in [0.05, 0.1) is 0 Å². The Morgan fingerprint density at radius 3 is 1.12 bits per heavy atom. The summed E-state index contributed by atoms with van der Waals surface area (Å²) in [4.78, 5) is 22.0. The summed E-state index contributed by atoms with van der Waals surface area (Å²) in [5, 5.41) is 11.9. The lowest BCUT2D eigenvalue weighted by molar-refractivity contribution is -0.115. The molecular formula is C17H18N4O2S. The van der Waals surface area contributed by atoms with Crippen LogP contribution >= 0.6 is 12.2 Å². The number of carbonyl (C=O) groups is 2. The van der Waals surface area contributed by atoms with E-state index in [9.17, 15) is 9.59 Å². The summed E-state index contributed by atoms with van der Waals surface area (Å²) in [6.45, 7) is 2.92. The molecule has 2 aromatic rings. The molecular weight excluding hydrogens is 324 g/mol. The zero-order chi connectivity index (χ0) is 17.5. The van der Waals surface area contributed by atoms with Crippen LogP contribution in [-0.2, 0) is 9.59 Å². The maximum Gasteiger partial charge on any atom is 0.221 e. The number of amides is 2. The minimum atomic E-state index is -0.115. The summed E-state index contributed by atoms with van der Waals surface area (Å²) < 4.78 is 0. The molecule has 0 radical (unpaired) electrons. The second kappa shape index (κ2) is 8.07. The highest BCUT2D eigenvalue weighted by molar-refractivity contribution is 7.80. The Kier molecular flexibility index (Phi) is 5.86. The fourth-order valence-electron chi connectivity index (χ4n) is 1.97. The predicted octanol–water partition coefficient (Wildman–Crippen LogP) is 3.41. The Hall–Kier alpha value is -2.93. The topological polar surface area (TPSA) is 82.3 Å². The molecule has 0 fully saturated rings. The molecule has 0 aliphatic carbocycles. The number of benzene rings is 2. The van der Waals surface area contributed by atoms with E-state index in [1.54, 1.807) is 24.3 Å². The normalized spacial score (nSPS) is 9.75. The Bertz CT molecular complexity index is 679. The van der Waals surface area contributed by atoms with Gasteiger partial charge < -0.3 is 21.3 Å². The van der Waals surface area contributed by atoms with E-state index < -0.39 is 0 Å². The lowest BCUT2D eigenvalue weighted by Gasteiger charge is -2.12. The van der Waals surface area contributed by atoms with E-state index in [1.165, 1.54) is 13.8 Å². The Balaban J connectivity index is 1.90. The van der Waals surface area contributed by atoms with E-state index in [0.29, 0.717) is 5.11 Å². The first kappa shape index (κ1) is 17.4. The molecule has 0 atom stereocenters. The molecule has 2 rings (SSSR count). The number of hydrogen-bond donors (Lipinski definition) is 4. The van der Waals surface area contributed by atoms with Gasteiger partial charge in [-0.15, -0.1) is 0 Å². The van der Waals surface area contributed by atoms with Crippen molar-refractivity contribution in [3.05, 3.63) is 48.5 Å². The Morgan fingerprint density at radius 1 is 0.625 bits per heavy atom. The molecule has 0 aromatic heterocycles. The van der Waals surface area contributed by atoms with Crippen LogP contribution in [-0.4, -0.2) is 16.9 Å². The molecule has 124 valence electrons. The summed E-state index contributed by atoms with van der Waals surface area (Å²) in [5.74, 6) is -0.230. The SMILES string of the molecule is CC(=O)Nc1ccc(NC(=S)Nc2ccc(NC(C)=O)cc2)cc1. The van der Waals surface area contributed by atoms with Crippen LogP contribution in [0.15, 0.2) is 48.5 Å². The van der Waals surface area contributed by atoms with Crippen molar-refractivity contribution in [2.24, 2.45) is 0 Å². The molecule has 7 heteroatoms. The lowest BCUT2D eigenvalue weighted by Crippen LogP contribution is -2.19. The van der Waals surface area contributed by atoms with Crippen LogP contribution in [0.2, 0.25) is 0 Å². The summed E-state index contributed by atoms with van der Waals surface area (Å²) in [6.07, 6.45) is 0. The molecule has 24 heavy (non-hydrogen) atoms. The molecule has 2 aromatic carbocycles. The number of thiocarbonyl (C=S) groups is 1. The van der Waals surface area contributed by atoms with Gasteiger partial charge in [0, 0.05) is 36.6 Å². The van der Waals surface area contributed by atoms with Crippen LogP contribution in [0, 0.1) is 0 Å². The van der Waals surface area contributed by atoms with Crippen molar-refractivity contribution < 1.29 is 9.59 Å². The third-order valence-electron chi connectivity index (χ3n) is 2.93. The predicted molar refractivity (Wildman–Crippen MR) is 101 cm³/mol. The first-order chi connectivity index (χ1) is 11.4. The largest absolute Gasteiger partial charge is 0.332 e. The summed E-state index contributed by atoms with van der Waals surface area (Å²) in [7, 11) is 0. The van der Waals surface area contributed by atoms with Gasteiger partial charge in [0.1, 0.15) is 0 Å². The highest BCUT2D eigenvalue weighted by atomic mass is 32.1. The summed E-state index contributed by atoms with van der Waals surface area (Å²) in [5.41, 5.74) is 3.05. The highest BCUT2D eigenvalue weighted by Crippen LogP contribution is 2.16. The maximum absolute atomic E-state index is 11.0. The number of carbonyl (C=O) groups excluding carboxylic acids is 2. The average Bonchev–Trinajstić information content (AvgIpc) is 2.50. The molecule has 0 saturated carbocycles. The van der Waals surface area contributed by atoms with Gasteiger partial charge in [-0.05, 0) is 60.7 Å². The van der Waals surface area contributed by atoms with Crippen molar-refractivity contribution in [3.8, 4) is 0 Å². The standard InChI is InChI=1S/C17H18N4O2S/c1-11(22)18-13-3-7-15(8-4-13)20-17(24)21-16-9-5-14(6-10-16)19-12(2)23/h3-10H,1-2H3,(H,18,22)(H,19,23)(H2,20,21,24). The van der Waals surface area contributed by atoms with E-state index in [-0.39, 0.29) is 11.8 Å². The summed E-state index contributed by atoms with van der Waals surface area (Å²) in [6, 6.07) is 14.4. The lowest BCUT2D eigenvalue weighted by atomic mass is 10.2. The average molecular weight is 342 g/mol. The maximum atomic E-state index is 11.0. The van der Waals surface area contributed by atoms with Crippen LogP contribution in [0.5, 0.6) is 0 Å². The van der Waals surface area contributed by atoms with E-state index >= 15 is 0 Å². The van der Waals surface area contributed by atoms with Gasteiger partial charge in [0.2, 0.25) is 11.8 Å². The zero-order valence-corrected chi connectivity index (χ0v) is 14.2. The van der Waals surface area contributed by atoms with E-state index in [0.717, 1.165) is 22.7 Å². The quantitative estimate of drug-likeness (QED) is 0.640. The van der Waals surface area contributed by atoms with Crippen molar-refractivity contribution in [1.82, 2.24) is 0 Å². The van der Waals surface area contributed by atoms with Crippen molar-refractivity contribution >= 4 is 51.9 Å². The minimum absolute atomic E-state index is 0.115. The summed E-state index contributed by atoms with van der Waals surface area (Å²) >= 11 is 5.26. The van der Waals surface area contributed by atoms with Gasteiger partial charge in [0.25, 0.3) is 0 Å². The van der Waals surface area contributed by atoms with Gasteiger partial charge in [-0.3, -0.25) is 9.59 Å². The monoisotopic (exact) mass is 342 g/mol. The molecule has 4 N–H and O–H groups in total.